The number of carbonyl (C=O) groups is 1. The van der Waals surface area contributed by atoms with E-state index >= 15 is 0 Å². The molecule has 0 saturated heterocycles. The molecule has 0 fully saturated rings. The number of carbonyl (C=O) groups excluding carboxylic acids is 1. The highest BCUT2D eigenvalue weighted by Crippen LogP contribution is 2.04. The maximum absolute atomic E-state index is 11.6. The second-order valence-electron chi connectivity index (χ2n) is 3.36. The maximum atomic E-state index is 11.6. The molecule has 0 aliphatic rings. The number of hydrogen-bond acceptors (Lipinski definition) is 5. The Kier molecular flexibility index (Phi) is 3.34. The number of amides is 1. The molecule has 2 aromatic heterocycles. The lowest BCUT2D eigenvalue weighted by Crippen LogP contribution is -2.23. The van der Waals surface area contributed by atoms with Crippen molar-refractivity contribution in [1.29, 1.82) is 0 Å². The molecule has 17 heavy (non-hydrogen) atoms. The molecule has 1 N–H and O–H groups in total. The van der Waals surface area contributed by atoms with Gasteiger partial charge in [-0.05, 0) is 19.1 Å². The van der Waals surface area contributed by atoms with Crippen molar-refractivity contribution < 1.29 is 9.32 Å². The van der Waals surface area contributed by atoms with Crippen molar-refractivity contribution >= 4 is 17.5 Å². The highest BCUT2D eigenvalue weighted by molar-refractivity contribution is 6.29. The third-order valence-electron chi connectivity index (χ3n) is 1.96. The van der Waals surface area contributed by atoms with E-state index in [0.29, 0.717) is 5.76 Å². The summed E-state index contributed by atoms with van der Waals surface area (Å²) >= 11 is 5.56. The Labute approximate surface area is 102 Å². The van der Waals surface area contributed by atoms with Gasteiger partial charge >= 0.3 is 0 Å². The quantitative estimate of drug-likeness (QED) is 0.892. The minimum Gasteiger partial charge on any atom is -0.359 e. The van der Waals surface area contributed by atoms with E-state index in [9.17, 15) is 4.79 Å². The van der Waals surface area contributed by atoms with Crippen molar-refractivity contribution in [3.8, 4) is 0 Å². The predicted octanol–water partition coefficient (Wildman–Crippen LogP) is 1.36. The lowest BCUT2D eigenvalue weighted by Gasteiger charge is -2.00. The first kappa shape index (κ1) is 11.5. The molecule has 7 heteroatoms. The van der Waals surface area contributed by atoms with E-state index in [1.54, 1.807) is 13.0 Å². The van der Waals surface area contributed by atoms with Crippen LogP contribution in [0.2, 0.25) is 5.15 Å². The summed E-state index contributed by atoms with van der Waals surface area (Å²) in [7, 11) is 0. The second-order valence-corrected chi connectivity index (χ2v) is 3.75. The summed E-state index contributed by atoms with van der Waals surface area (Å²) in [6.07, 6.45) is 0. The molecule has 0 aromatic carbocycles. The molecule has 2 heterocycles. The van der Waals surface area contributed by atoms with E-state index < -0.39 is 0 Å². The number of hydrogen-bond donors (Lipinski definition) is 1. The fraction of sp³-hybridized carbons (Fsp3) is 0.200. The van der Waals surface area contributed by atoms with Crippen LogP contribution in [0.15, 0.2) is 22.7 Å². The van der Waals surface area contributed by atoms with Gasteiger partial charge in [0.05, 0.1) is 12.2 Å². The van der Waals surface area contributed by atoms with Crippen LogP contribution in [-0.4, -0.2) is 21.3 Å². The van der Waals surface area contributed by atoms with E-state index in [1.165, 1.54) is 12.1 Å². The van der Waals surface area contributed by atoms with Gasteiger partial charge in [0.2, 0.25) is 0 Å². The van der Waals surface area contributed by atoms with Gasteiger partial charge in [0, 0.05) is 6.07 Å². The SMILES string of the molecule is Cc1cc(CNC(=O)c2ccc(Cl)nn2)on1. The summed E-state index contributed by atoms with van der Waals surface area (Å²) in [5, 5.41) is 13.8. The largest absolute Gasteiger partial charge is 0.359 e. The number of nitrogens with zero attached hydrogens (tertiary/aromatic N) is 3. The molecular formula is C10H9ClN4O2. The van der Waals surface area contributed by atoms with E-state index in [0.717, 1.165) is 5.69 Å². The van der Waals surface area contributed by atoms with Gasteiger partial charge in [0.1, 0.15) is 0 Å². The number of rotatable bonds is 3. The molecule has 0 atom stereocenters. The van der Waals surface area contributed by atoms with Crippen LogP contribution < -0.4 is 5.32 Å². The van der Waals surface area contributed by atoms with Crippen LogP contribution in [0.5, 0.6) is 0 Å². The van der Waals surface area contributed by atoms with Crippen molar-refractivity contribution in [3.05, 3.63) is 40.5 Å². The van der Waals surface area contributed by atoms with E-state index in [4.69, 9.17) is 16.1 Å². The van der Waals surface area contributed by atoms with Crippen LogP contribution in [0.4, 0.5) is 0 Å². The highest BCUT2D eigenvalue weighted by Gasteiger charge is 2.09. The number of aromatic nitrogens is 3. The lowest BCUT2D eigenvalue weighted by atomic mass is 10.3. The number of halogens is 1. The Balaban J connectivity index is 1.95. The van der Waals surface area contributed by atoms with Crippen LogP contribution in [0, 0.1) is 6.92 Å². The van der Waals surface area contributed by atoms with Crippen molar-refractivity contribution in [3.63, 3.8) is 0 Å². The summed E-state index contributed by atoms with van der Waals surface area (Å²) in [4.78, 5) is 11.6. The molecular weight excluding hydrogens is 244 g/mol. The highest BCUT2D eigenvalue weighted by atomic mass is 35.5. The average Bonchev–Trinajstić information content (AvgIpc) is 2.73. The molecule has 1 amide bonds. The Morgan fingerprint density at radius 1 is 1.47 bits per heavy atom. The normalized spacial score (nSPS) is 10.2. The van der Waals surface area contributed by atoms with Gasteiger partial charge in [-0.3, -0.25) is 4.79 Å². The third-order valence-corrected chi connectivity index (χ3v) is 2.17. The van der Waals surface area contributed by atoms with Gasteiger partial charge in [-0.1, -0.05) is 16.8 Å². The topological polar surface area (TPSA) is 80.9 Å². The summed E-state index contributed by atoms with van der Waals surface area (Å²) in [5.74, 6) is 0.237. The summed E-state index contributed by atoms with van der Waals surface area (Å²) in [6, 6.07) is 4.74. The smallest absolute Gasteiger partial charge is 0.272 e. The Morgan fingerprint density at radius 3 is 2.88 bits per heavy atom. The molecule has 0 aliphatic carbocycles. The van der Waals surface area contributed by atoms with Crippen LogP contribution >= 0.6 is 11.6 Å². The molecule has 88 valence electrons. The molecule has 0 spiro atoms. The van der Waals surface area contributed by atoms with Gasteiger partial charge in [-0.15, -0.1) is 10.2 Å². The van der Waals surface area contributed by atoms with E-state index in [-0.39, 0.29) is 23.3 Å². The monoisotopic (exact) mass is 252 g/mol. The Bertz CT molecular complexity index is 523. The number of aryl methyl sites for hydroxylation is 1. The van der Waals surface area contributed by atoms with Crippen molar-refractivity contribution in [2.24, 2.45) is 0 Å². The van der Waals surface area contributed by atoms with Crippen LogP contribution in [0.3, 0.4) is 0 Å². The fourth-order valence-corrected chi connectivity index (χ4v) is 1.30. The van der Waals surface area contributed by atoms with Gasteiger partial charge < -0.3 is 9.84 Å². The standard InChI is InChI=1S/C10H9ClN4O2/c1-6-4-7(17-15-6)5-12-10(16)8-2-3-9(11)14-13-8/h2-4H,5H2,1H3,(H,12,16). The molecule has 2 aromatic rings. The van der Waals surface area contributed by atoms with Gasteiger partial charge in [0.25, 0.3) is 5.91 Å². The molecule has 0 aliphatic heterocycles. The van der Waals surface area contributed by atoms with Crippen LogP contribution in [0.1, 0.15) is 21.9 Å². The summed E-state index contributed by atoms with van der Waals surface area (Å²) < 4.78 is 4.95. The van der Waals surface area contributed by atoms with Crippen molar-refractivity contribution in [2.75, 3.05) is 0 Å². The Hall–Kier alpha value is -1.95. The first-order valence-corrected chi connectivity index (χ1v) is 5.22. The molecule has 0 saturated carbocycles. The van der Waals surface area contributed by atoms with Crippen molar-refractivity contribution in [1.82, 2.24) is 20.7 Å². The van der Waals surface area contributed by atoms with Gasteiger partial charge in [0.15, 0.2) is 16.6 Å². The van der Waals surface area contributed by atoms with Crippen LogP contribution in [0.25, 0.3) is 0 Å². The molecule has 2 rings (SSSR count). The zero-order chi connectivity index (χ0) is 12.3. The number of nitrogens with one attached hydrogen (secondary N) is 1. The third kappa shape index (κ3) is 3.01. The molecule has 0 bridgehead atoms. The molecule has 6 nitrogen and oxygen atoms in total. The van der Waals surface area contributed by atoms with E-state index in [2.05, 4.69) is 20.7 Å². The van der Waals surface area contributed by atoms with Gasteiger partial charge in [-0.2, -0.15) is 0 Å². The second kappa shape index (κ2) is 4.92. The Morgan fingerprint density at radius 2 is 2.29 bits per heavy atom. The van der Waals surface area contributed by atoms with Gasteiger partial charge in [-0.25, -0.2) is 0 Å². The maximum Gasteiger partial charge on any atom is 0.272 e. The zero-order valence-corrected chi connectivity index (χ0v) is 9.73. The molecule has 0 radical (unpaired) electrons. The van der Waals surface area contributed by atoms with E-state index in [1.807, 2.05) is 0 Å². The minimum absolute atomic E-state index is 0.200. The summed E-state index contributed by atoms with van der Waals surface area (Å²) in [6.45, 7) is 2.06. The predicted molar refractivity (Wildman–Crippen MR) is 59.5 cm³/mol. The molecule has 0 unspecified atom stereocenters. The lowest BCUT2D eigenvalue weighted by molar-refractivity contribution is 0.0941. The first-order valence-electron chi connectivity index (χ1n) is 4.85. The zero-order valence-electron chi connectivity index (χ0n) is 8.98. The minimum atomic E-state index is -0.344. The summed E-state index contributed by atoms with van der Waals surface area (Å²) in [5.41, 5.74) is 0.964. The fourth-order valence-electron chi connectivity index (χ4n) is 1.19. The first-order chi connectivity index (χ1) is 8.15. The van der Waals surface area contributed by atoms with Crippen molar-refractivity contribution in [2.45, 2.75) is 13.5 Å². The van der Waals surface area contributed by atoms with Crippen LogP contribution in [-0.2, 0) is 6.54 Å². The average molecular weight is 253 g/mol.